The molecule has 0 aromatic heterocycles. The molecule has 138 valence electrons. The average molecular weight is 380 g/mol. The number of thioether (sulfide) groups is 1. The first-order valence-corrected chi connectivity index (χ1v) is 8.94. The van der Waals surface area contributed by atoms with Gasteiger partial charge in [0.25, 0.3) is 0 Å². The Kier molecular flexibility index (Phi) is 5.51. The summed E-state index contributed by atoms with van der Waals surface area (Å²) in [5, 5.41) is 2.34. The predicted molar refractivity (Wildman–Crippen MR) is 96.8 cm³/mol. The normalized spacial score (nSPS) is 16.5. The topological polar surface area (TPSA) is 50.8 Å². The van der Waals surface area contributed by atoms with Crippen LogP contribution in [0.1, 0.15) is 10.9 Å². The molecule has 1 heterocycles. The standard InChI is InChI=1S/C18H18F2N2O3S/c1-24-12-4-6-16(25-2)13(10-12)17-22(7-8-26-17)18(23)21-11-3-5-14(19)15(20)9-11/h3-6,9-10,17H,7-8H2,1-2H3,(H,21,23). The summed E-state index contributed by atoms with van der Waals surface area (Å²) >= 11 is 1.59. The lowest BCUT2D eigenvalue weighted by molar-refractivity contribution is 0.213. The van der Waals surface area contributed by atoms with Crippen LogP contribution in [0.3, 0.4) is 0 Å². The summed E-state index contributed by atoms with van der Waals surface area (Å²) in [7, 11) is 3.14. The highest BCUT2D eigenvalue weighted by Crippen LogP contribution is 2.43. The van der Waals surface area contributed by atoms with Gasteiger partial charge in [-0.2, -0.15) is 0 Å². The molecule has 2 aromatic carbocycles. The lowest BCUT2D eigenvalue weighted by Gasteiger charge is -2.26. The van der Waals surface area contributed by atoms with Crippen LogP contribution in [-0.2, 0) is 0 Å². The van der Waals surface area contributed by atoms with Gasteiger partial charge in [0.1, 0.15) is 16.9 Å². The summed E-state index contributed by atoms with van der Waals surface area (Å²) < 4.78 is 37.1. The Morgan fingerprint density at radius 1 is 1.15 bits per heavy atom. The Morgan fingerprint density at radius 2 is 1.96 bits per heavy atom. The maximum Gasteiger partial charge on any atom is 0.323 e. The summed E-state index contributed by atoms with van der Waals surface area (Å²) in [4.78, 5) is 14.3. The number of hydrogen-bond acceptors (Lipinski definition) is 4. The molecular formula is C18H18F2N2O3S. The zero-order chi connectivity index (χ0) is 18.7. The Morgan fingerprint density at radius 3 is 2.65 bits per heavy atom. The van der Waals surface area contributed by atoms with Crippen LogP contribution in [0, 0.1) is 11.6 Å². The van der Waals surface area contributed by atoms with E-state index in [9.17, 15) is 13.6 Å². The molecule has 1 saturated heterocycles. The monoisotopic (exact) mass is 380 g/mol. The Balaban J connectivity index is 1.83. The minimum absolute atomic E-state index is 0.196. The number of methoxy groups -OCH3 is 2. The van der Waals surface area contributed by atoms with Crippen molar-refractivity contribution < 1.29 is 23.0 Å². The summed E-state index contributed by atoms with van der Waals surface area (Å²) in [6.07, 6.45) is 0. The number of rotatable bonds is 4. The Bertz CT molecular complexity index is 819. The third kappa shape index (κ3) is 3.70. The van der Waals surface area contributed by atoms with Gasteiger partial charge in [-0.3, -0.25) is 0 Å². The number of hydrogen-bond donors (Lipinski definition) is 1. The van der Waals surface area contributed by atoms with Crippen molar-refractivity contribution in [3.05, 3.63) is 53.6 Å². The van der Waals surface area contributed by atoms with E-state index in [1.807, 2.05) is 6.07 Å². The number of anilines is 1. The van der Waals surface area contributed by atoms with Crippen molar-refractivity contribution in [3.8, 4) is 11.5 Å². The molecule has 0 radical (unpaired) electrons. The second-order valence-electron chi connectivity index (χ2n) is 5.58. The van der Waals surface area contributed by atoms with Crippen molar-refractivity contribution in [2.75, 3.05) is 31.8 Å². The highest BCUT2D eigenvalue weighted by Gasteiger charge is 2.33. The molecule has 3 rings (SSSR count). The molecule has 8 heteroatoms. The van der Waals surface area contributed by atoms with Gasteiger partial charge in [0.05, 0.1) is 14.2 Å². The molecule has 1 unspecified atom stereocenters. The highest BCUT2D eigenvalue weighted by atomic mass is 32.2. The SMILES string of the molecule is COc1ccc(OC)c(C2SCCN2C(=O)Nc2ccc(F)c(F)c2)c1. The first-order valence-electron chi connectivity index (χ1n) is 7.89. The van der Waals surface area contributed by atoms with Crippen LogP contribution in [0.15, 0.2) is 36.4 Å². The van der Waals surface area contributed by atoms with E-state index >= 15 is 0 Å². The van der Waals surface area contributed by atoms with E-state index in [0.29, 0.717) is 18.0 Å². The van der Waals surface area contributed by atoms with E-state index in [1.165, 1.54) is 6.07 Å². The molecule has 1 aliphatic heterocycles. The van der Waals surface area contributed by atoms with Gasteiger partial charge >= 0.3 is 6.03 Å². The largest absolute Gasteiger partial charge is 0.497 e. The molecule has 26 heavy (non-hydrogen) atoms. The van der Waals surface area contributed by atoms with Crippen molar-refractivity contribution in [1.82, 2.24) is 4.90 Å². The molecule has 0 saturated carbocycles. The lowest BCUT2D eigenvalue weighted by atomic mass is 10.1. The number of nitrogens with zero attached hydrogens (tertiary/aromatic N) is 1. The third-order valence-electron chi connectivity index (χ3n) is 4.03. The molecule has 2 aromatic rings. The van der Waals surface area contributed by atoms with Crippen molar-refractivity contribution in [2.45, 2.75) is 5.37 Å². The van der Waals surface area contributed by atoms with Crippen LogP contribution in [0.2, 0.25) is 0 Å². The smallest absolute Gasteiger partial charge is 0.323 e. The zero-order valence-corrected chi connectivity index (χ0v) is 15.1. The van der Waals surface area contributed by atoms with Crippen LogP contribution in [0.4, 0.5) is 19.3 Å². The molecule has 1 aliphatic rings. The fourth-order valence-electron chi connectivity index (χ4n) is 2.74. The van der Waals surface area contributed by atoms with Gasteiger partial charge in [0.15, 0.2) is 11.6 Å². The molecule has 0 aliphatic carbocycles. The molecular weight excluding hydrogens is 362 g/mol. The van der Waals surface area contributed by atoms with Crippen molar-refractivity contribution in [1.29, 1.82) is 0 Å². The lowest BCUT2D eigenvalue weighted by Crippen LogP contribution is -2.34. The quantitative estimate of drug-likeness (QED) is 0.861. The number of nitrogens with one attached hydrogen (secondary N) is 1. The Labute approximate surface area is 154 Å². The van der Waals surface area contributed by atoms with Crippen LogP contribution in [0.25, 0.3) is 0 Å². The van der Waals surface area contributed by atoms with Gasteiger partial charge in [0, 0.05) is 29.6 Å². The minimum Gasteiger partial charge on any atom is -0.497 e. The van der Waals surface area contributed by atoms with Crippen molar-refractivity contribution in [3.63, 3.8) is 0 Å². The number of halogens is 2. The van der Waals surface area contributed by atoms with Crippen molar-refractivity contribution >= 4 is 23.5 Å². The number of ether oxygens (including phenoxy) is 2. The second kappa shape index (κ2) is 7.82. The number of benzene rings is 2. The predicted octanol–water partition coefficient (Wildman–Crippen LogP) is 4.26. The van der Waals surface area contributed by atoms with E-state index < -0.39 is 17.7 Å². The molecule has 0 bridgehead atoms. The molecule has 0 spiro atoms. The molecule has 1 atom stereocenters. The minimum atomic E-state index is -1.01. The number of carbonyl (C=O) groups excluding carboxylic acids is 1. The van der Waals surface area contributed by atoms with Gasteiger partial charge < -0.3 is 19.7 Å². The van der Waals surface area contributed by atoms with Gasteiger partial charge in [0.2, 0.25) is 0 Å². The maximum atomic E-state index is 13.4. The average Bonchev–Trinajstić information content (AvgIpc) is 3.14. The van der Waals surface area contributed by atoms with Crippen molar-refractivity contribution in [2.24, 2.45) is 0 Å². The third-order valence-corrected chi connectivity index (χ3v) is 5.27. The number of urea groups is 1. The van der Waals surface area contributed by atoms with Gasteiger partial charge in [-0.05, 0) is 30.3 Å². The van der Waals surface area contributed by atoms with E-state index in [0.717, 1.165) is 23.4 Å². The summed E-state index contributed by atoms with van der Waals surface area (Å²) in [6, 6.07) is 8.27. The molecule has 1 fully saturated rings. The van der Waals surface area contributed by atoms with Crippen LogP contribution in [0.5, 0.6) is 11.5 Å². The summed E-state index contributed by atoms with van der Waals surface area (Å²) in [5.74, 6) is 0.0874. The van der Waals surface area contributed by atoms with Gasteiger partial charge in [-0.25, -0.2) is 13.6 Å². The zero-order valence-electron chi connectivity index (χ0n) is 14.3. The van der Waals surface area contributed by atoms with Gasteiger partial charge in [-0.15, -0.1) is 11.8 Å². The van der Waals surface area contributed by atoms with Gasteiger partial charge in [-0.1, -0.05) is 0 Å². The highest BCUT2D eigenvalue weighted by molar-refractivity contribution is 7.99. The first-order chi connectivity index (χ1) is 12.5. The first kappa shape index (κ1) is 18.3. The second-order valence-corrected chi connectivity index (χ2v) is 6.77. The van der Waals surface area contributed by atoms with Crippen LogP contribution < -0.4 is 14.8 Å². The summed E-state index contributed by atoms with van der Waals surface area (Å²) in [5.41, 5.74) is 1.01. The fourth-order valence-corrected chi connectivity index (χ4v) is 4.01. The van der Waals surface area contributed by atoms with E-state index in [1.54, 1.807) is 43.0 Å². The van der Waals surface area contributed by atoms with E-state index in [4.69, 9.17) is 9.47 Å². The van der Waals surface area contributed by atoms with Crippen LogP contribution >= 0.6 is 11.8 Å². The number of amides is 2. The number of carbonyl (C=O) groups is 1. The Hall–Kier alpha value is -2.48. The molecule has 1 N–H and O–H groups in total. The molecule has 5 nitrogen and oxygen atoms in total. The van der Waals surface area contributed by atoms with E-state index in [2.05, 4.69) is 5.32 Å². The molecule has 2 amide bonds. The maximum absolute atomic E-state index is 13.4. The van der Waals surface area contributed by atoms with E-state index in [-0.39, 0.29) is 11.1 Å². The summed E-state index contributed by atoms with van der Waals surface area (Å²) in [6.45, 7) is 0.519. The van der Waals surface area contributed by atoms with Crippen LogP contribution in [-0.4, -0.2) is 37.4 Å². The fraction of sp³-hybridized carbons (Fsp3) is 0.278.